The van der Waals surface area contributed by atoms with E-state index in [4.69, 9.17) is 5.73 Å². The van der Waals surface area contributed by atoms with E-state index in [0.29, 0.717) is 5.82 Å². The van der Waals surface area contributed by atoms with Crippen LogP contribution in [0.3, 0.4) is 0 Å². The van der Waals surface area contributed by atoms with Crippen molar-refractivity contribution in [1.29, 1.82) is 0 Å². The Morgan fingerprint density at radius 3 is 3.00 bits per heavy atom. The largest absolute Gasteiger partial charge is 0.383 e. The van der Waals surface area contributed by atoms with Crippen LogP contribution in [0.1, 0.15) is 6.42 Å². The third kappa shape index (κ3) is 0.913. The van der Waals surface area contributed by atoms with Crippen molar-refractivity contribution in [3.8, 4) is 0 Å². The lowest BCUT2D eigenvalue weighted by Crippen LogP contribution is -1.93. The molecule has 0 amide bonds. The van der Waals surface area contributed by atoms with E-state index < -0.39 is 0 Å². The Balaban J connectivity index is 2.82. The van der Waals surface area contributed by atoms with Gasteiger partial charge in [0.1, 0.15) is 5.82 Å². The van der Waals surface area contributed by atoms with Crippen molar-refractivity contribution in [1.82, 2.24) is 0 Å². The molecular formula is C5H6N2. The van der Waals surface area contributed by atoms with Crippen molar-refractivity contribution in [3.63, 3.8) is 0 Å². The molecule has 0 radical (unpaired) electrons. The Labute approximate surface area is 42.0 Å². The Morgan fingerprint density at radius 1 is 1.86 bits per heavy atom. The van der Waals surface area contributed by atoms with Gasteiger partial charge in [-0.15, -0.1) is 0 Å². The zero-order valence-corrected chi connectivity index (χ0v) is 3.89. The van der Waals surface area contributed by atoms with Gasteiger partial charge >= 0.3 is 0 Å². The van der Waals surface area contributed by atoms with Gasteiger partial charge in [0.2, 0.25) is 0 Å². The SMILES string of the molecule is NC1=CCC=C=N1. The average Bonchev–Trinajstić information content (AvgIpc) is 1.69. The van der Waals surface area contributed by atoms with E-state index in [-0.39, 0.29) is 0 Å². The highest BCUT2D eigenvalue weighted by Crippen LogP contribution is 1.92. The molecule has 7 heavy (non-hydrogen) atoms. The molecule has 1 heterocycles. The molecule has 0 aliphatic carbocycles. The van der Waals surface area contributed by atoms with E-state index in [1.165, 1.54) is 0 Å². The maximum absolute atomic E-state index is 5.25. The van der Waals surface area contributed by atoms with E-state index in [1.807, 2.05) is 12.2 Å². The fourth-order valence-corrected chi connectivity index (χ4v) is 0.398. The molecule has 1 rings (SSSR count). The lowest BCUT2D eigenvalue weighted by molar-refractivity contribution is 1.18. The van der Waals surface area contributed by atoms with Crippen molar-refractivity contribution < 1.29 is 0 Å². The topological polar surface area (TPSA) is 38.4 Å². The highest BCUT2D eigenvalue weighted by Gasteiger charge is 1.82. The Kier molecular flexibility index (Phi) is 0.966. The fraction of sp³-hybridized carbons (Fsp3) is 0.200. The molecule has 1 aliphatic rings. The molecule has 0 aromatic carbocycles. The van der Waals surface area contributed by atoms with Gasteiger partial charge < -0.3 is 5.73 Å². The number of allylic oxidation sites excluding steroid dienone is 2. The first kappa shape index (κ1) is 4.16. The number of hydrogen-bond acceptors (Lipinski definition) is 2. The molecule has 0 fully saturated rings. The number of aliphatic imine (C=N–C) groups is 1. The van der Waals surface area contributed by atoms with E-state index >= 15 is 0 Å². The number of rotatable bonds is 0. The number of hydrogen-bond donors (Lipinski definition) is 1. The third-order valence-corrected chi connectivity index (χ3v) is 0.730. The minimum absolute atomic E-state index is 0.572. The van der Waals surface area contributed by atoms with Crippen LogP contribution in [-0.4, -0.2) is 5.87 Å². The van der Waals surface area contributed by atoms with Crippen molar-refractivity contribution in [2.45, 2.75) is 6.42 Å². The Morgan fingerprint density at radius 2 is 2.71 bits per heavy atom. The van der Waals surface area contributed by atoms with Crippen molar-refractivity contribution in [2.75, 3.05) is 0 Å². The van der Waals surface area contributed by atoms with Gasteiger partial charge in [-0.05, 0) is 24.4 Å². The lowest BCUT2D eigenvalue weighted by atomic mass is 10.4. The van der Waals surface area contributed by atoms with Crippen LogP contribution in [0.25, 0.3) is 0 Å². The van der Waals surface area contributed by atoms with Gasteiger partial charge in [-0.2, -0.15) is 4.99 Å². The predicted octanol–water partition coefficient (Wildman–Crippen LogP) is 0.416. The molecule has 36 valence electrons. The second kappa shape index (κ2) is 1.63. The first-order chi connectivity index (χ1) is 3.39. The summed E-state index contributed by atoms with van der Waals surface area (Å²) in [6.45, 7) is 0. The van der Waals surface area contributed by atoms with Gasteiger partial charge in [0.25, 0.3) is 0 Å². The highest BCUT2D eigenvalue weighted by atomic mass is 14.9. The number of nitrogens with zero attached hydrogens (tertiary/aromatic N) is 1. The molecule has 1 aliphatic heterocycles. The summed E-state index contributed by atoms with van der Waals surface area (Å²) in [4.78, 5) is 3.66. The van der Waals surface area contributed by atoms with E-state index in [1.54, 1.807) is 0 Å². The second-order valence-electron chi connectivity index (χ2n) is 1.31. The molecule has 0 unspecified atom stereocenters. The third-order valence-electron chi connectivity index (χ3n) is 0.730. The smallest absolute Gasteiger partial charge is 0.129 e. The van der Waals surface area contributed by atoms with Crippen LogP contribution in [0, 0.1) is 0 Å². The molecule has 0 atom stereocenters. The van der Waals surface area contributed by atoms with E-state index in [2.05, 4.69) is 10.9 Å². The molecule has 0 saturated heterocycles. The molecule has 0 spiro atoms. The molecule has 2 nitrogen and oxygen atoms in total. The maximum Gasteiger partial charge on any atom is 0.129 e. The Hall–Kier alpha value is -1.01. The second-order valence-corrected chi connectivity index (χ2v) is 1.31. The van der Waals surface area contributed by atoms with Crippen molar-refractivity contribution >= 4 is 5.87 Å². The van der Waals surface area contributed by atoms with Crippen molar-refractivity contribution in [2.24, 2.45) is 10.7 Å². The van der Waals surface area contributed by atoms with Gasteiger partial charge in [0.05, 0.1) is 0 Å². The maximum atomic E-state index is 5.25. The fourth-order valence-electron chi connectivity index (χ4n) is 0.398. The van der Waals surface area contributed by atoms with Gasteiger partial charge in [0.15, 0.2) is 0 Å². The van der Waals surface area contributed by atoms with Crippen LogP contribution in [0.15, 0.2) is 23.0 Å². The summed E-state index contributed by atoms with van der Waals surface area (Å²) >= 11 is 0. The van der Waals surface area contributed by atoms with Gasteiger partial charge in [0, 0.05) is 0 Å². The first-order valence-electron chi connectivity index (χ1n) is 2.13. The molecule has 0 bridgehead atoms. The van der Waals surface area contributed by atoms with Crippen LogP contribution in [0.2, 0.25) is 0 Å². The normalized spacial score (nSPS) is 16.9. The minimum atomic E-state index is 0.572. The summed E-state index contributed by atoms with van der Waals surface area (Å²) in [7, 11) is 0. The Bertz CT molecular complexity index is 149. The zero-order chi connectivity index (χ0) is 5.11. The van der Waals surface area contributed by atoms with E-state index in [0.717, 1.165) is 6.42 Å². The summed E-state index contributed by atoms with van der Waals surface area (Å²) < 4.78 is 0. The van der Waals surface area contributed by atoms with Gasteiger partial charge in [-0.1, -0.05) is 0 Å². The van der Waals surface area contributed by atoms with Crippen molar-refractivity contribution in [3.05, 3.63) is 18.0 Å². The van der Waals surface area contributed by atoms with Crippen LogP contribution < -0.4 is 5.73 Å². The van der Waals surface area contributed by atoms with Crippen LogP contribution >= 0.6 is 0 Å². The summed E-state index contributed by atoms with van der Waals surface area (Å²) in [5.41, 5.74) is 5.25. The minimum Gasteiger partial charge on any atom is -0.383 e. The van der Waals surface area contributed by atoms with Gasteiger partial charge in [-0.25, -0.2) is 0 Å². The zero-order valence-electron chi connectivity index (χ0n) is 3.89. The molecule has 2 N–H and O–H groups in total. The van der Waals surface area contributed by atoms with Crippen LogP contribution in [-0.2, 0) is 0 Å². The van der Waals surface area contributed by atoms with E-state index in [9.17, 15) is 0 Å². The average molecular weight is 94.1 g/mol. The monoisotopic (exact) mass is 94.1 g/mol. The molecule has 0 aromatic heterocycles. The van der Waals surface area contributed by atoms with Gasteiger partial charge in [-0.3, -0.25) is 0 Å². The standard InChI is InChI=1S/C5H6N2/c6-5-3-1-2-4-7-5/h2-3H,1,6H2. The summed E-state index contributed by atoms with van der Waals surface area (Å²) in [6, 6.07) is 0. The van der Waals surface area contributed by atoms with Crippen LogP contribution in [0.5, 0.6) is 0 Å². The molecular weight excluding hydrogens is 88.1 g/mol. The quantitative estimate of drug-likeness (QED) is 0.464. The molecule has 0 aromatic rings. The lowest BCUT2D eigenvalue weighted by Gasteiger charge is -1.89. The summed E-state index contributed by atoms with van der Waals surface area (Å²) in [6.07, 6.45) is 4.54. The number of nitrogens with two attached hydrogens (primary N) is 1. The van der Waals surface area contributed by atoms with Crippen LogP contribution in [0.4, 0.5) is 0 Å². The first-order valence-corrected chi connectivity index (χ1v) is 2.13. The molecule has 2 heteroatoms. The highest BCUT2D eigenvalue weighted by molar-refractivity contribution is 5.55. The summed E-state index contributed by atoms with van der Waals surface area (Å²) in [5, 5.41) is 0. The predicted molar refractivity (Wildman–Crippen MR) is 28.9 cm³/mol. The summed E-state index contributed by atoms with van der Waals surface area (Å²) in [5.74, 6) is 3.21. The molecule has 0 saturated carbocycles.